The van der Waals surface area contributed by atoms with Crippen LogP contribution in [0.1, 0.15) is 46.5 Å². The first-order valence-electron chi connectivity index (χ1n) is 8.05. The fraction of sp³-hybridized carbons (Fsp3) is 0.875. The second-order valence-corrected chi connectivity index (χ2v) is 5.57. The van der Waals surface area contributed by atoms with Crippen LogP contribution < -0.4 is 10.6 Å². The lowest BCUT2D eigenvalue weighted by Crippen LogP contribution is -2.54. The zero-order valence-corrected chi connectivity index (χ0v) is 15.3. The van der Waals surface area contributed by atoms with Crippen molar-refractivity contribution >= 4 is 12.4 Å². The minimum Gasteiger partial charge on any atom is -0.471 e. The Balaban J connectivity index is 0. The number of carbonyl (C=O) groups is 2. The molecular weight excluding hydrogens is 300 g/mol. The molecule has 0 aliphatic heterocycles. The lowest BCUT2D eigenvalue weighted by atomic mass is 10.0. The molecule has 23 heavy (non-hydrogen) atoms. The van der Waals surface area contributed by atoms with Gasteiger partial charge < -0.3 is 19.9 Å². The summed E-state index contributed by atoms with van der Waals surface area (Å²) in [6.45, 7) is 6.54. The molecule has 0 aromatic rings. The average Bonchev–Trinajstić information content (AvgIpc) is 2.53. The van der Waals surface area contributed by atoms with Gasteiger partial charge >= 0.3 is 5.97 Å². The second-order valence-electron chi connectivity index (χ2n) is 5.57. The van der Waals surface area contributed by atoms with E-state index in [1.54, 1.807) is 7.05 Å². The summed E-state index contributed by atoms with van der Waals surface area (Å²) in [5.74, 6) is -0.0461. The summed E-state index contributed by atoms with van der Waals surface area (Å²) in [5, 5.41) is 16.2. The molecule has 138 valence electrons. The van der Waals surface area contributed by atoms with Gasteiger partial charge in [-0.2, -0.15) is 0 Å². The van der Waals surface area contributed by atoms with E-state index in [0.29, 0.717) is 12.9 Å². The Bertz CT molecular complexity index is 300. The number of methoxy groups -OCH3 is 2. The van der Waals surface area contributed by atoms with Crippen LogP contribution in [0.2, 0.25) is 0 Å². The van der Waals surface area contributed by atoms with Crippen LogP contribution in [0, 0.1) is 5.92 Å². The predicted octanol–water partition coefficient (Wildman–Crippen LogP) is 1.05. The van der Waals surface area contributed by atoms with E-state index >= 15 is 0 Å². The molecule has 0 aliphatic rings. The monoisotopic (exact) mass is 334 g/mol. The highest BCUT2D eigenvalue weighted by atomic mass is 16.5. The standard InChI is InChI=1S/C14H30N2O3.C2H4O2/c1-6-7-8-9-11(14(18)19-5)16-13(17)12(15-4)10(2)3;1-4-2-3/h10-13,15-17H,6-9H2,1-5H3;2H,1H3. The molecule has 3 atom stereocenters. The lowest BCUT2D eigenvalue weighted by Gasteiger charge is -2.29. The Labute approximate surface area is 140 Å². The van der Waals surface area contributed by atoms with Crippen molar-refractivity contribution in [1.82, 2.24) is 10.6 Å². The Hall–Kier alpha value is -1.18. The fourth-order valence-electron chi connectivity index (χ4n) is 2.18. The topological polar surface area (TPSA) is 96.9 Å². The van der Waals surface area contributed by atoms with E-state index in [2.05, 4.69) is 22.3 Å². The largest absolute Gasteiger partial charge is 0.471 e. The molecule has 0 aliphatic carbocycles. The van der Waals surface area contributed by atoms with Crippen LogP contribution >= 0.6 is 0 Å². The maximum atomic E-state index is 11.7. The Morgan fingerprint density at radius 2 is 1.83 bits per heavy atom. The molecule has 0 aromatic carbocycles. The molecule has 0 radical (unpaired) electrons. The van der Waals surface area contributed by atoms with E-state index in [0.717, 1.165) is 19.3 Å². The smallest absolute Gasteiger partial charge is 0.322 e. The van der Waals surface area contributed by atoms with Gasteiger partial charge in [0, 0.05) is 6.04 Å². The van der Waals surface area contributed by atoms with E-state index in [-0.39, 0.29) is 17.9 Å². The molecule has 0 rings (SSSR count). The quantitative estimate of drug-likeness (QED) is 0.225. The zero-order chi connectivity index (χ0) is 18.3. The highest BCUT2D eigenvalue weighted by molar-refractivity contribution is 5.75. The predicted molar refractivity (Wildman–Crippen MR) is 89.8 cm³/mol. The zero-order valence-electron chi connectivity index (χ0n) is 15.3. The highest BCUT2D eigenvalue weighted by Crippen LogP contribution is 2.09. The molecule has 0 fully saturated rings. The van der Waals surface area contributed by atoms with E-state index in [9.17, 15) is 9.90 Å². The van der Waals surface area contributed by atoms with Gasteiger partial charge in [0.2, 0.25) is 0 Å². The maximum absolute atomic E-state index is 11.7. The summed E-state index contributed by atoms with van der Waals surface area (Å²) in [6, 6.07) is -0.542. The molecule has 3 N–H and O–H groups in total. The minimum atomic E-state index is -0.768. The first-order valence-corrected chi connectivity index (χ1v) is 8.05. The van der Waals surface area contributed by atoms with Gasteiger partial charge in [-0.3, -0.25) is 14.9 Å². The number of unbranched alkanes of at least 4 members (excludes halogenated alkanes) is 2. The number of hydrogen-bond donors (Lipinski definition) is 3. The van der Waals surface area contributed by atoms with Crippen LogP contribution in [0.4, 0.5) is 0 Å². The van der Waals surface area contributed by atoms with E-state index in [4.69, 9.17) is 9.53 Å². The summed E-state index contributed by atoms with van der Waals surface area (Å²) < 4.78 is 8.65. The molecule has 7 heteroatoms. The van der Waals surface area contributed by atoms with Gasteiger partial charge in [0.15, 0.2) is 0 Å². The van der Waals surface area contributed by atoms with E-state index in [1.165, 1.54) is 14.2 Å². The van der Waals surface area contributed by atoms with Gasteiger partial charge in [-0.05, 0) is 19.4 Å². The number of carbonyl (C=O) groups excluding carboxylic acids is 2. The highest BCUT2D eigenvalue weighted by Gasteiger charge is 2.27. The van der Waals surface area contributed by atoms with Gasteiger partial charge in [-0.15, -0.1) is 0 Å². The van der Waals surface area contributed by atoms with Crippen LogP contribution in [-0.2, 0) is 19.1 Å². The summed E-state index contributed by atoms with van der Waals surface area (Å²) in [5.41, 5.74) is 0. The van der Waals surface area contributed by atoms with Crippen molar-refractivity contribution in [3.63, 3.8) is 0 Å². The van der Waals surface area contributed by atoms with E-state index in [1.807, 2.05) is 13.8 Å². The third kappa shape index (κ3) is 12.0. The lowest BCUT2D eigenvalue weighted by molar-refractivity contribution is -0.144. The molecule has 0 aromatic heterocycles. The van der Waals surface area contributed by atoms with Gasteiger partial charge in [-0.1, -0.05) is 40.0 Å². The molecule has 0 bridgehead atoms. The molecule has 0 saturated carbocycles. The molecule has 0 spiro atoms. The molecular formula is C16H34N2O5. The third-order valence-electron chi connectivity index (χ3n) is 3.44. The van der Waals surface area contributed by atoms with Crippen molar-refractivity contribution in [3.05, 3.63) is 0 Å². The van der Waals surface area contributed by atoms with Crippen LogP contribution in [0.15, 0.2) is 0 Å². The Morgan fingerprint density at radius 3 is 2.17 bits per heavy atom. The number of aliphatic hydroxyl groups is 1. The summed E-state index contributed by atoms with van der Waals surface area (Å²) in [6.07, 6.45) is 3.04. The number of rotatable bonds is 11. The van der Waals surface area contributed by atoms with Crippen LogP contribution in [0.3, 0.4) is 0 Å². The first kappa shape index (κ1) is 24.1. The van der Waals surface area contributed by atoms with E-state index < -0.39 is 12.3 Å². The van der Waals surface area contributed by atoms with Crippen LogP contribution in [0.5, 0.6) is 0 Å². The molecule has 0 heterocycles. The van der Waals surface area contributed by atoms with Crippen molar-refractivity contribution in [2.75, 3.05) is 21.3 Å². The van der Waals surface area contributed by atoms with Crippen molar-refractivity contribution < 1.29 is 24.2 Å². The summed E-state index contributed by atoms with van der Waals surface area (Å²) >= 11 is 0. The summed E-state index contributed by atoms with van der Waals surface area (Å²) in [4.78, 5) is 20.7. The second kappa shape index (κ2) is 15.7. The first-order chi connectivity index (χ1) is 10.9. The molecule has 0 saturated heterocycles. The van der Waals surface area contributed by atoms with Crippen molar-refractivity contribution in [3.8, 4) is 0 Å². The van der Waals surface area contributed by atoms with Gasteiger partial charge in [-0.25, -0.2) is 0 Å². The van der Waals surface area contributed by atoms with Gasteiger partial charge in [0.1, 0.15) is 12.3 Å². The van der Waals surface area contributed by atoms with Gasteiger partial charge in [0.05, 0.1) is 14.2 Å². The molecule has 0 amide bonds. The fourth-order valence-corrected chi connectivity index (χ4v) is 2.18. The average molecular weight is 334 g/mol. The van der Waals surface area contributed by atoms with Crippen molar-refractivity contribution in [2.45, 2.75) is 64.8 Å². The number of hydrogen-bond acceptors (Lipinski definition) is 7. The number of likely N-dealkylation sites (N-methyl/N-ethyl adjacent to an activating group) is 1. The number of esters is 1. The third-order valence-corrected chi connectivity index (χ3v) is 3.44. The minimum absolute atomic E-state index is 0.0988. The van der Waals surface area contributed by atoms with Crippen LogP contribution in [0.25, 0.3) is 0 Å². The number of aliphatic hydroxyl groups excluding tert-OH is 1. The van der Waals surface area contributed by atoms with Crippen molar-refractivity contribution in [1.29, 1.82) is 0 Å². The van der Waals surface area contributed by atoms with Crippen molar-refractivity contribution in [2.24, 2.45) is 5.92 Å². The maximum Gasteiger partial charge on any atom is 0.322 e. The number of ether oxygens (including phenoxy) is 2. The normalized spacial score (nSPS) is 14.3. The van der Waals surface area contributed by atoms with Gasteiger partial charge in [0.25, 0.3) is 6.47 Å². The Kier molecular flexibility index (Phi) is 16.4. The number of nitrogens with one attached hydrogen (secondary N) is 2. The molecule has 7 nitrogen and oxygen atoms in total. The molecule has 3 unspecified atom stereocenters. The Morgan fingerprint density at radius 1 is 1.26 bits per heavy atom. The summed E-state index contributed by atoms with van der Waals surface area (Å²) in [7, 11) is 4.49. The van der Waals surface area contributed by atoms with Crippen LogP contribution in [-0.4, -0.2) is 57.1 Å². The SMILES string of the molecule is CCCCCC(NC(O)C(NC)C(C)C)C(=O)OC.COC=O.